The summed E-state index contributed by atoms with van der Waals surface area (Å²) in [5, 5.41) is 2.74. The highest BCUT2D eigenvalue weighted by Gasteiger charge is 2.40. The highest BCUT2D eigenvalue weighted by molar-refractivity contribution is 8.14. The fourth-order valence-corrected chi connectivity index (χ4v) is 3.87. The van der Waals surface area contributed by atoms with Crippen LogP contribution in [0.1, 0.15) is 18.4 Å². The second-order valence-electron chi connectivity index (χ2n) is 6.03. The maximum absolute atomic E-state index is 12.2. The quantitative estimate of drug-likeness (QED) is 0.828. The van der Waals surface area contributed by atoms with Gasteiger partial charge in [0, 0.05) is 19.6 Å². The molecule has 0 spiro atoms. The lowest BCUT2D eigenvalue weighted by Gasteiger charge is -2.22. The Bertz CT molecular complexity index is 607. The monoisotopic (exact) mass is 347 g/mol. The van der Waals surface area contributed by atoms with E-state index in [1.165, 1.54) is 10.5 Å². The van der Waals surface area contributed by atoms with Gasteiger partial charge in [0.05, 0.1) is 11.8 Å². The second kappa shape index (κ2) is 7.70. The molecular formula is C17H21N3O3S. The lowest BCUT2D eigenvalue weighted by molar-refractivity contribution is -0.126. The first-order chi connectivity index (χ1) is 11.6. The first kappa shape index (κ1) is 16.8. The zero-order valence-electron chi connectivity index (χ0n) is 13.4. The van der Waals surface area contributed by atoms with Gasteiger partial charge in [-0.2, -0.15) is 0 Å². The second-order valence-corrected chi connectivity index (χ2v) is 6.95. The van der Waals surface area contributed by atoms with Gasteiger partial charge in [-0.1, -0.05) is 42.1 Å². The van der Waals surface area contributed by atoms with E-state index in [2.05, 4.69) is 17.4 Å². The van der Waals surface area contributed by atoms with Crippen molar-refractivity contribution in [1.82, 2.24) is 15.1 Å². The van der Waals surface area contributed by atoms with Gasteiger partial charge in [-0.05, 0) is 24.8 Å². The Morgan fingerprint density at radius 1 is 1.25 bits per heavy atom. The summed E-state index contributed by atoms with van der Waals surface area (Å²) in [7, 11) is 0. The molecule has 0 bridgehead atoms. The molecule has 128 valence electrons. The van der Waals surface area contributed by atoms with E-state index >= 15 is 0 Å². The van der Waals surface area contributed by atoms with E-state index in [0.29, 0.717) is 26.1 Å². The largest absolute Gasteiger partial charge is 0.338 e. The van der Waals surface area contributed by atoms with Crippen LogP contribution < -0.4 is 5.32 Å². The van der Waals surface area contributed by atoms with E-state index in [-0.39, 0.29) is 29.0 Å². The highest BCUT2D eigenvalue weighted by Crippen LogP contribution is 2.26. The number of rotatable bonds is 5. The summed E-state index contributed by atoms with van der Waals surface area (Å²) in [5.74, 6) is 0.0845. The van der Waals surface area contributed by atoms with E-state index in [9.17, 15) is 14.4 Å². The van der Waals surface area contributed by atoms with Crippen LogP contribution in [0.15, 0.2) is 30.3 Å². The number of amides is 4. The van der Waals surface area contributed by atoms with E-state index in [0.717, 1.165) is 24.6 Å². The molecule has 2 aliphatic rings. The summed E-state index contributed by atoms with van der Waals surface area (Å²) in [6.07, 6.45) is 2.47. The third kappa shape index (κ3) is 3.90. The lowest BCUT2D eigenvalue weighted by Crippen LogP contribution is -2.44. The standard InChI is InChI=1S/C17H21N3O3S/c21-15-12-24-17(23)20(15)14-8-10-19(11-14)16(22)18-9-4-7-13-5-2-1-3-6-13/h1-3,5-6,14H,4,7-12H2,(H,18,22). The topological polar surface area (TPSA) is 69.7 Å². The van der Waals surface area contributed by atoms with Crippen molar-refractivity contribution >= 4 is 28.9 Å². The Kier molecular flexibility index (Phi) is 5.40. The van der Waals surface area contributed by atoms with Gasteiger partial charge in [0.2, 0.25) is 5.91 Å². The number of likely N-dealkylation sites (tertiary alicyclic amines) is 1. The van der Waals surface area contributed by atoms with Crippen LogP contribution >= 0.6 is 11.8 Å². The molecular weight excluding hydrogens is 326 g/mol. The van der Waals surface area contributed by atoms with Crippen molar-refractivity contribution in [2.24, 2.45) is 0 Å². The summed E-state index contributed by atoms with van der Waals surface area (Å²) in [4.78, 5) is 38.7. The third-order valence-corrected chi connectivity index (χ3v) is 5.20. The maximum atomic E-state index is 12.2. The number of thioether (sulfide) groups is 1. The summed E-state index contributed by atoms with van der Waals surface area (Å²) in [6, 6.07) is 9.88. The van der Waals surface area contributed by atoms with Crippen LogP contribution in [0, 0.1) is 0 Å². The molecule has 1 atom stereocenters. The van der Waals surface area contributed by atoms with E-state index in [1.54, 1.807) is 4.90 Å². The Labute approximate surface area is 145 Å². The minimum atomic E-state index is -0.185. The highest BCUT2D eigenvalue weighted by atomic mass is 32.2. The summed E-state index contributed by atoms with van der Waals surface area (Å²) in [6.45, 7) is 1.63. The van der Waals surface area contributed by atoms with Crippen LogP contribution in [0.5, 0.6) is 0 Å². The van der Waals surface area contributed by atoms with E-state index in [4.69, 9.17) is 0 Å². The summed E-state index contributed by atoms with van der Waals surface area (Å²) >= 11 is 1.04. The van der Waals surface area contributed by atoms with Crippen molar-refractivity contribution in [3.05, 3.63) is 35.9 Å². The summed E-state index contributed by atoms with van der Waals surface area (Å²) in [5.41, 5.74) is 1.26. The SMILES string of the molecule is O=C(NCCCc1ccccc1)N1CCC(N2C(=O)CSC2=O)C1. The van der Waals surface area contributed by atoms with Crippen LogP contribution in [0.25, 0.3) is 0 Å². The maximum Gasteiger partial charge on any atom is 0.317 e. The minimum Gasteiger partial charge on any atom is -0.338 e. The molecule has 24 heavy (non-hydrogen) atoms. The first-order valence-corrected chi connectivity index (χ1v) is 9.19. The van der Waals surface area contributed by atoms with Gasteiger partial charge in [0.1, 0.15) is 0 Å². The molecule has 2 heterocycles. The number of hydrogen-bond acceptors (Lipinski definition) is 4. The average Bonchev–Trinajstić information content (AvgIpc) is 3.19. The fourth-order valence-electron chi connectivity index (χ4n) is 3.10. The van der Waals surface area contributed by atoms with Crippen molar-refractivity contribution in [3.8, 4) is 0 Å². The molecule has 2 fully saturated rings. The predicted molar refractivity (Wildman–Crippen MR) is 92.8 cm³/mol. The number of carbonyl (C=O) groups excluding carboxylic acids is 3. The first-order valence-electron chi connectivity index (χ1n) is 8.20. The number of benzene rings is 1. The van der Waals surface area contributed by atoms with Crippen molar-refractivity contribution in [2.45, 2.75) is 25.3 Å². The van der Waals surface area contributed by atoms with Gasteiger partial charge in [-0.15, -0.1) is 0 Å². The molecule has 3 rings (SSSR count). The van der Waals surface area contributed by atoms with E-state index < -0.39 is 0 Å². The molecule has 2 saturated heterocycles. The smallest absolute Gasteiger partial charge is 0.317 e. The van der Waals surface area contributed by atoms with Crippen molar-refractivity contribution < 1.29 is 14.4 Å². The number of nitrogens with one attached hydrogen (secondary N) is 1. The van der Waals surface area contributed by atoms with Crippen molar-refractivity contribution in [2.75, 3.05) is 25.4 Å². The number of aryl methyl sites for hydroxylation is 1. The molecule has 2 aliphatic heterocycles. The van der Waals surface area contributed by atoms with Crippen LogP contribution in [-0.4, -0.2) is 58.4 Å². The van der Waals surface area contributed by atoms with Crippen LogP contribution in [0.4, 0.5) is 9.59 Å². The van der Waals surface area contributed by atoms with Gasteiger partial charge in [0.15, 0.2) is 0 Å². The molecule has 0 radical (unpaired) electrons. The molecule has 0 aliphatic carbocycles. The zero-order chi connectivity index (χ0) is 16.9. The molecule has 4 amide bonds. The van der Waals surface area contributed by atoms with E-state index in [1.807, 2.05) is 18.2 Å². The Hall–Kier alpha value is -2.02. The van der Waals surface area contributed by atoms with Crippen LogP contribution in [0.2, 0.25) is 0 Å². The molecule has 1 unspecified atom stereocenters. The summed E-state index contributed by atoms with van der Waals surface area (Å²) < 4.78 is 0. The normalized spacial score (nSPS) is 20.8. The third-order valence-electron chi connectivity index (χ3n) is 4.36. The number of carbonyl (C=O) groups is 3. The van der Waals surface area contributed by atoms with Gasteiger partial charge < -0.3 is 10.2 Å². The zero-order valence-corrected chi connectivity index (χ0v) is 14.3. The van der Waals surface area contributed by atoms with Crippen LogP contribution in [0.3, 0.4) is 0 Å². The van der Waals surface area contributed by atoms with Gasteiger partial charge >= 0.3 is 6.03 Å². The molecule has 0 aromatic heterocycles. The van der Waals surface area contributed by atoms with Gasteiger partial charge in [0.25, 0.3) is 5.24 Å². The number of hydrogen-bond donors (Lipinski definition) is 1. The predicted octanol–water partition coefficient (Wildman–Crippen LogP) is 2.10. The minimum absolute atomic E-state index is 0.114. The number of nitrogens with zero attached hydrogens (tertiary/aromatic N) is 2. The van der Waals surface area contributed by atoms with Crippen molar-refractivity contribution in [1.29, 1.82) is 0 Å². The molecule has 1 aromatic rings. The molecule has 1 aromatic carbocycles. The van der Waals surface area contributed by atoms with Crippen molar-refractivity contribution in [3.63, 3.8) is 0 Å². The Morgan fingerprint density at radius 3 is 2.75 bits per heavy atom. The average molecular weight is 347 g/mol. The number of urea groups is 1. The molecule has 7 heteroatoms. The van der Waals surface area contributed by atoms with Crippen LogP contribution in [-0.2, 0) is 11.2 Å². The molecule has 6 nitrogen and oxygen atoms in total. The molecule has 0 saturated carbocycles. The Balaban J connectivity index is 1.40. The number of imide groups is 1. The molecule has 1 N–H and O–H groups in total. The fraction of sp³-hybridized carbons (Fsp3) is 0.471. The van der Waals surface area contributed by atoms with Gasteiger partial charge in [-0.3, -0.25) is 14.5 Å². The lowest BCUT2D eigenvalue weighted by atomic mass is 10.1. The van der Waals surface area contributed by atoms with Gasteiger partial charge in [-0.25, -0.2) is 4.79 Å². The Morgan fingerprint density at radius 2 is 2.04 bits per heavy atom.